The molecule has 2 nitrogen and oxygen atoms in total. The molecule has 0 N–H and O–H groups in total. The van der Waals surface area contributed by atoms with Crippen molar-refractivity contribution in [2.45, 2.75) is 92.6 Å². The largest absolute Gasteiger partial charge is 0.459 e. The number of hydrogen-bond donors (Lipinski definition) is 0. The van der Waals surface area contributed by atoms with Crippen molar-refractivity contribution in [1.29, 1.82) is 0 Å². The molecule has 1 rings (SSSR count). The minimum absolute atomic E-state index is 0.00275. The van der Waals surface area contributed by atoms with Gasteiger partial charge < -0.3 is 4.74 Å². The first-order valence-corrected chi connectivity index (χ1v) is 8.87. The van der Waals surface area contributed by atoms with Crippen LogP contribution in [0.3, 0.4) is 0 Å². The van der Waals surface area contributed by atoms with Crippen LogP contribution in [0.5, 0.6) is 0 Å². The molecule has 2 heteroatoms. The molecular formula is C19H36O2. The molecule has 21 heavy (non-hydrogen) atoms. The molecule has 0 bridgehead atoms. The molecule has 1 saturated carbocycles. The average Bonchev–Trinajstić information content (AvgIpc) is 2.38. The van der Waals surface area contributed by atoms with E-state index in [9.17, 15) is 4.79 Å². The van der Waals surface area contributed by atoms with Gasteiger partial charge in [0.15, 0.2) is 0 Å². The van der Waals surface area contributed by atoms with Gasteiger partial charge in [-0.1, -0.05) is 47.0 Å². The summed E-state index contributed by atoms with van der Waals surface area (Å²) < 4.78 is 6.05. The van der Waals surface area contributed by atoms with Crippen LogP contribution in [0.1, 0.15) is 87.0 Å². The molecule has 0 amide bonds. The third-order valence-electron chi connectivity index (χ3n) is 5.86. The summed E-state index contributed by atoms with van der Waals surface area (Å²) in [6.07, 6.45) is 6.83. The smallest absolute Gasteiger partial charge is 0.312 e. The third-order valence-corrected chi connectivity index (χ3v) is 5.86. The molecule has 0 spiro atoms. The summed E-state index contributed by atoms with van der Waals surface area (Å²) in [5.41, 5.74) is -0.685. The van der Waals surface area contributed by atoms with Crippen molar-refractivity contribution in [2.75, 3.05) is 0 Å². The van der Waals surface area contributed by atoms with Crippen LogP contribution in [0.2, 0.25) is 0 Å². The Morgan fingerprint density at radius 3 is 2.10 bits per heavy atom. The van der Waals surface area contributed by atoms with Crippen molar-refractivity contribution in [1.82, 2.24) is 0 Å². The lowest BCUT2D eigenvalue weighted by atomic mass is 9.73. The summed E-state index contributed by atoms with van der Waals surface area (Å²) in [7, 11) is 0. The highest BCUT2D eigenvalue weighted by molar-refractivity contribution is 5.77. The van der Waals surface area contributed by atoms with E-state index in [1.807, 2.05) is 0 Å². The Labute approximate surface area is 132 Å². The van der Waals surface area contributed by atoms with Crippen LogP contribution in [0.4, 0.5) is 0 Å². The zero-order chi connectivity index (χ0) is 16.3. The van der Waals surface area contributed by atoms with Crippen LogP contribution < -0.4 is 0 Å². The molecule has 0 heterocycles. The molecule has 1 atom stereocenters. The van der Waals surface area contributed by atoms with E-state index in [-0.39, 0.29) is 17.0 Å². The molecule has 0 aromatic carbocycles. The van der Waals surface area contributed by atoms with Crippen LogP contribution in [0.15, 0.2) is 0 Å². The van der Waals surface area contributed by atoms with E-state index in [4.69, 9.17) is 4.74 Å². The zero-order valence-corrected chi connectivity index (χ0v) is 15.3. The van der Waals surface area contributed by atoms with E-state index >= 15 is 0 Å². The summed E-state index contributed by atoms with van der Waals surface area (Å²) in [5.74, 6) is 1.65. The minimum atomic E-state index is -0.353. The van der Waals surface area contributed by atoms with Crippen molar-refractivity contribution in [3.63, 3.8) is 0 Å². The fraction of sp³-hybridized carbons (Fsp3) is 0.947. The van der Waals surface area contributed by atoms with Gasteiger partial charge >= 0.3 is 5.97 Å². The number of hydrogen-bond acceptors (Lipinski definition) is 2. The maximum Gasteiger partial charge on any atom is 0.312 e. The lowest BCUT2D eigenvalue weighted by Crippen LogP contribution is -2.44. The van der Waals surface area contributed by atoms with E-state index < -0.39 is 0 Å². The van der Waals surface area contributed by atoms with Crippen molar-refractivity contribution in [3.8, 4) is 0 Å². The summed E-state index contributed by atoms with van der Waals surface area (Å²) in [4.78, 5) is 12.8. The van der Waals surface area contributed by atoms with Gasteiger partial charge in [0.1, 0.15) is 5.60 Å². The second kappa shape index (κ2) is 7.15. The van der Waals surface area contributed by atoms with E-state index in [2.05, 4.69) is 48.5 Å². The molecule has 0 aliphatic heterocycles. The van der Waals surface area contributed by atoms with Crippen LogP contribution in [-0.4, -0.2) is 11.6 Å². The highest BCUT2D eigenvalue weighted by Gasteiger charge is 2.42. The summed E-state index contributed by atoms with van der Waals surface area (Å²) in [5, 5.41) is 0. The highest BCUT2D eigenvalue weighted by atomic mass is 16.6. The van der Waals surface area contributed by atoms with Crippen LogP contribution in [-0.2, 0) is 9.53 Å². The highest BCUT2D eigenvalue weighted by Crippen LogP contribution is 2.40. The first kappa shape index (κ1) is 18.5. The monoisotopic (exact) mass is 296 g/mol. The second-order valence-electron chi connectivity index (χ2n) is 8.27. The maximum atomic E-state index is 12.8. The van der Waals surface area contributed by atoms with Gasteiger partial charge in [-0.3, -0.25) is 4.79 Å². The van der Waals surface area contributed by atoms with Gasteiger partial charge in [-0.05, 0) is 57.8 Å². The molecule has 0 aromatic heterocycles. The Morgan fingerprint density at radius 1 is 1.14 bits per heavy atom. The molecule has 0 aromatic rings. The first-order valence-electron chi connectivity index (χ1n) is 8.87. The zero-order valence-electron chi connectivity index (χ0n) is 15.3. The Morgan fingerprint density at radius 2 is 1.67 bits per heavy atom. The molecule has 124 valence electrons. The molecular weight excluding hydrogens is 260 g/mol. The Balaban J connectivity index is 2.75. The topological polar surface area (TPSA) is 26.3 Å². The molecule has 1 aliphatic carbocycles. The van der Waals surface area contributed by atoms with Crippen LogP contribution in [0, 0.1) is 23.2 Å². The van der Waals surface area contributed by atoms with Crippen LogP contribution in [0.25, 0.3) is 0 Å². The van der Waals surface area contributed by atoms with Gasteiger partial charge in [0.25, 0.3) is 0 Å². The van der Waals surface area contributed by atoms with E-state index in [0.29, 0.717) is 11.8 Å². The Kier molecular flexibility index (Phi) is 6.31. The standard InChI is InChI=1S/C19H36O2/c1-8-13-19(7,14(2)3)17(20)21-18(5,6)16-11-9-15(4)10-12-16/h14-16H,8-13H2,1-7H3. The van der Waals surface area contributed by atoms with Gasteiger partial charge in [-0.2, -0.15) is 0 Å². The van der Waals surface area contributed by atoms with Gasteiger partial charge in [0.2, 0.25) is 0 Å². The van der Waals surface area contributed by atoms with E-state index in [0.717, 1.165) is 18.8 Å². The number of rotatable bonds is 6. The van der Waals surface area contributed by atoms with E-state index in [1.165, 1.54) is 25.7 Å². The predicted molar refractivity (Wildman–Crippen MR) is 89.1 cm³/mol. The SMILES string of the molecule is CCCC(C)(C(=O)OC(C)(C)C1CCC(C)CC1)C(C)C. The third kappa shape index (κ3) is 4.47. The van der Waals surface area contributed by atoms with Crippen molar-refractivity contribution in [3.05, 3.63) is 0 Å². The second-order valence-corrected chi connectivity index (χ2v) is 8.27. The molecule has 0 radical (unpaired) electrons. The summed E-state index contributed by atoms with van der Waals surface area (Å²) in [6.45, 7) is 15.0. The quantitative estimate of drug-likeness (QED) is 0.597. The predicted octanol–water partition coefficient (Wildman–Crippen LogP) is 5.60. The number of carbonyl (C=O) groups is 1. The van der Waals surface area contributed by atoms with Gasteiger partial charge in [0, 0.05) is 0 Å². The lowest BCUT2D eigenvalue weighted by molar-refractivity contribution is -0.178. The minimum Gasteiger partial charge on any atom is -0.459 e. The molecule has 1 unspecified atom stereocenters. The normalized spacial score (nSPS) is 26.5. The van der Waals surface area contributed by atoms with Crippen LogP contribution >= 0.6 is 0 Å². The number of ether oxygens (including phenoxy) is 1. The average molecular weight is 296 g/mol. The number of esters is 1. The fourth-order valence-electron chi connectivity index (χ4n) is 3.54. The lowest BCUT2D eigenvalue weighted by Gasteiger charge is -2.41. The fourth-order valence-corrected chi connectivity index (χ4v) is 3.54. The Hall–Kier alpha value is -0.530. The molecule has 0 saturated heterocycles. The summed E-state index contributed by atoms with van der Waals surface area (Å²) >= 11 is 0. The van der Waals surface area contributed by atoms with Crippen molar-refractivity contribution in [2.24, 2.45) is 23.2 Å². The van der Waals surface area contributed by atoms with Crippen molar-refractivity contribution < 1.29 is 9.53 Å². The van der Waals surface area contributed by atoms with E-state index in [1.54, 1.807) is 0 Å². The molecule has 1 aliphatic rings. The van der Waals surface area contributed by atoms with Gasteiger partial charge in [-0.25, -0.2) is 0 Å². The van der Waals surface area contributed by atoms with Crippen molar-refractivity contribution >= 4 is 5.97 Å². The maximum absolute atomic E-state index is 12.8. The van der Waals surface area contributed by atoms with Gasteiger partial charge in [-0.15, -0.1) is 0 Å². The van der Waals surface area contributed by atoms with Gasteiger partial charge in [0.05, 0.1) is 5.41 Å². The number of carbonyl (C=O) groups excluding carboxylic acids is 1. The first-order chi connectivity index (χ1) is 9.63. The Bertz CT molecular complexity index is 337. The molecule has 1 fully saturated rings. The summed E-state index contributed by atoms with van der Waals surface area (Å²) in [6, 6.07) is 0.